The van der Waals surface area contributed by atoms with Crippen LogP contribution in [-0.2, 0) is 16.1 Å². The van der Waals surface area contributed by atoms with Gasteiger partial charge in [0.1, 0.15) is 5.76 Å². The number of rotatable bonds is 6. The number of aliphatic hydroxyl groups excluding tert-OH is 1. The van der Waals surface area contributed by atoms with Crippen LogP contribution in [0.2, 0.25) is 0 Å². The predicted octanol–water partition coefficient (Wildman–Crippen LogP) is 2.29. The first-order valence-electron chi connectivity index (χ1n) is 8.39. The second-order valence-corrected chi connectivity index (χ2v) is 5.89. The van der Waals surface area contributed by atoms with E-state index in [-0.39, 0.29) is 13.1 Å². The molecule has 3 aromatic rings. The Balaban J connectivity index is 1.49. The van der Waals surface area contributed by atoms with Gasteiger partial charge in [0, 0.05) is 6.54 Å². The Morgan fingerprint density at radius 1 is 0.962 bits per heavy atom. The normalized spacial score (nSPS) is 11.9. The molecule has 134 valence electrons. The second kappa shape index (κ2) is 8.31. The fraction of sp³-hybridized carbons (Fsp3) is 0.200. The van der Waals surface area contributed by atoms with Crippen molar-refractivity contribution in [2.24, 2.45) is 0 Å². The van der Waals surface area contributed by atoms with Crippen molar-refractivity contribution in [3.05, 3.63) is 72.2 Å². The standard InChI is InChI=1S/C20H20N2O4/c23-18(17-9-3-6-14-5-1-2-8-16(14)17)10-11-21-19(24)20(25)22-13-15-7-4-12-26-15/h1-9,12,18,23H,10-11,13H2,(H,21,24)(H,22,25)/t18-/m0/s1. The zero-order valence-electron chi connectivity index (χ0n) is 14.1. The quantitative estimate of drug-likeness (QED) is 0.594. The average molecular weight is 352 g/mol. The van der Waals surface area contributed by atoms with Gasteiger partial charge in [-0.2, -0.15) is 0 Å². The summed E-state index contributed by atoms with van der Waals surface area (Å²) in [6.45, 7) is 0.343. The van der Waals surface area contributed by atoms with Crippen LogP contribution < -0.4 is 10.6 Å². The molecule has 26 heavy (non-hydrogen) atoms. The summed E-state index contributed by atoms with van der Waals surface area (Å²) in [6, 6.07) is 17.0. The molecule has 0 radical (unpaired) electrons. The second-order valence-electron chi connectivity index (χ2n) is 5.89. The van der Waals surface area contributed by atoms with Gasteiger partial charge in [-0.25, -0.2) is 0 Å². The lowest BCUT2D eigenvalue weighted by Crippen LogP contribution is -2.40. The monoisotopic (exact) mass is 352 g/mol. The van der Waals surface area contributed by atoms with Gasteiger partial charge in [0.2, 0.25) is 0 Å². The third kappa shape index (κ3) is 4.29. The molecule has 0 aliphatic rings. The molecule has 2 amide bonds. The van der Waals surface area contributed by atoms with Crippen LogP contribution >= 0.6 is 0 Å². The van der Waals surface area contributed by atoms with E-state index in [2.05, 4.69) is 10.6 Å². The van der Waals surface area contributed by atoms with E-state index in [1.54, 1.807) is 12.1 Å². The Bertz CT molecular complexity index is 884. The summed E-state index contributed by atoms with van der Waals surface area (Å²) in [5.74, 6) is -0.903. The molecule has 6 heteroatoms. The SMILES string of the molecule is O=C(NCC[C@H](O)c1cccc2ccccc12)C(=O)NCc1ccco1. The molecule has 0 spiro atoms. The minimum atomic E-state index is -0.735. The molecule has 2 aromatic carbocycles. The van der Waals surface area contributed by atoms with E-state index in [0.29, 0.717) is 12.2 Å². The van der Waals surface area contributed by atoms with E-state index in [1.165, 1.54) is 6.26 Å². The smallest absolute Gasteiger partial charge is 0.309 e. The van der Waals surface area contributed by atoms with Gasteiger partial charge in [0.25, 0.3) is 0 Å². The van der Waals surface area contributed by atoms with E-state index in [0.717, 1.165) is 16.3 Å². The third-order valence-electron chi connectivity index (χ3n) is 4.10. The lowest BCUT2D eigenvalue weighted by Gasteiger charge is -2.14. The largest absolute Gasteiger partial charge is 0.467 e. The van der Waals surface area contributed by atoms with Gasteiger partial charge >= 0.3 is 11.8 Å². The third-order valence-corrected chi connectivity index (χ3v) is 4.10. The van der Waals surface area contributed by atoms with Crippen molar-refractivity contribution >= 4 is 22.6 Å². The van der Waals surface area contributed by atoms with Crippen LogP contribution in [0.25, 0.3) is 10.8 Å². The Kier molecular flexibility index (Phi) is 5.66. The number of nitrogens with one attached hydrogen (secondary N) is 2. The average Bonchev–Trinajstić information content (AvgIpc) is 3.19. The summed E-state index contributed by atoms with van der Waals surface area (Å²) in [5.41, 5.74) is 0.805. The van der Waals surface area contributed by atoms with Crippen LogP contribution in [0.3, 0.4) is 0 Å². The number of hydrogen-bond donors (Lipinski definition) is 3. The van der Waals surface area contributed by atoms with E-state index < -0.39 is 17.9 Å². The van der Waals surface area contributed by atoms with E-state index in [4.69, 9.17) is 4.42 Å². The Hall–Kier alpha value is -3.12. The number of carbonyl (C=O) groups is 2. The number of carbonyl (C=O) groups excluding carboxylic acids is 2. The van der Waals surface area contributed by atoms with Gasteiger partial charge in [-0.05, 0) is 34.9 Å². The minimum Gasteiger partial charge on any atom is -0.467 e. The Labute approximate surface area is 150 Å². The number of furan rings is 1. The maximum atomic E-state index is 11.8. The van der Waals surface area contributed by atoms with E-state index in [9.17, 15) is 14.7 Å². The lowest BCUT2D eigenvalue weighted by atomic mass is 9.99. The highest BCUT2D eigenvalue weighted by Crippen LogP contribution is 2.25. The molecule has 0 aliphatic carbocycles. The molecule has 3 N–H and O–H groups in total. The number of fused-ring (bicyclic) bond motifs is 1. The summed E-state index contributed by atoms with van der Waals surface area (Å²) in [6.07, 6.45) is 1.08. The van der Waals surface area contributed by atoms with Gasteiger partial charge in [-0.15, -0.1) is 0 Å². The first kappa shape index (κ1) is 17.7. The summed E-state index contributed by atoms with van der Waals surface area (Å²) < 4.78 is 5.08. The molecular weight excluding hydrogens is 332 g/mol. The van der Waals surface area contributed by atoms with E-state index >= 15 is 0 Å². The number of aliphatic hydroxyl groups is 1. The zero-order chi connectivity index (χ0) is 18.4. The van der Waals surface area contributed by atoms with Gasteiger partial charge in [0.15, 0.2) is 0 Å². The number of hydrogen-bond acceptors (Lipinski definition) is 4. The van der Waals surface area contributed by atoms with Crippen LogP contribution in [0.1, 0.15) is 23.8 Å². The van der Waals surface area contributed by atoms with Gasteiger partial charge < -0.3 is 20.2 Å². The molecule has 1 atom stereocenters. The van der Waals surface area contributed by atoms with Crippen molar-refractivity contribution in [1.82, 2.24) is 10.6 Å². The van der Waals surface area contributed by atoms with Gasteiger partial charge in [-0.1, -0.05) is 42.5 Å². The molecule has 6 nitrogen and oxygen atoms in total. The molecule has 0 aliphatic heterocycles. The number of amides is 2. The topological polar surface area (TPSA) is 91.6 Å². The maximum absolute atomic E-state index is 11.8. The Morgan fingerprint density at radius 2 is 1.73 bits per heavy atom. The van der Waals surface area contributed by atoms with Crippen LogP contribution in [-0.4, -0.2) is 23.5 Å². The predicted molar refractivity (Wildman–Crippen MR) is 97.1 cm³/mol. The van der Waals surface area contributed by atoms with Crippen LogP contribution in [0.15, 0.2) is 65.3 Å². The van der Waals surface area contributed by atoms with Crippen molar-refractivity contribution in [2.45, 2.75) is 19.1 Å². The molecule has 0 saturated carbocycles. The molecule has 1 heterocycles. The molecule has 0 unspecified atom stereocenters. The fourth-order valence-electron chi connectivity index (χ4n) is 2.76. The summed E-state index contributed by atoms with van der Waals surface area (Å²) in [4.78, 5) is 23.5. The van der Waals surface area contributed by atoms with Crippen molar-refractivity contribution < 1.29 is 19.1 Å². The summed E-state index contributed by atoms with van der Waals surface area (Å²) in [5, 5.41) is 17.4. The Morgan fingerprint density at radius 3 is 2.54 bits per heavy atom. The molecule has 0 fully saturated rings. The highest BCUT2D eigenvalue weighted by Gasteiger charge is 2.15. The molecule has 0 bridgehead atoms. The summed E-state index contributed by atoms with van der Waals surface area (Å²) >= 11 is 0. The number of benzene rings is 2. The highest BCUT2D eigenvalue weighted by molar-refractivity contribution is 6.35. The first-order valence-corrected chi connectivity index (χ1v) is 8.39. The van der Waals surface area contributed by atoms with Crippen LogP contribution in [0.4, 0.5) is 0 Å². The van der Waals surface area contributed by atoms with Gasteiger partial charge in [-0.3, -0.25) is 9.59 Å². The zero-order valence-corrected chi connectivity index (χ0v) is 14.1. The van der Waals surface area contributed by atoms with Crippen LogP contribution in [0.5, 0.6) is 0 Å². The first-order chi connectivity index (χ1) is 12.6. The maximum Gasteiger partial charge on any atom is 0.309 e. The lowest BCUT2D eigenvalue weighted by molar-refractivity contribution is -0.139. The van der Waals surface area contributed by atoms with Crippen molar-refractivity contribution in [2.75, 3.05) is 6.54 Å². The van der Waals surface area contributed by atoms with Crippen molar-refractivity contribution in [1.29, 1.82) is 0 Å². The van der Waals surface area contributed by atoms with Crippen LogP contribution in [0, 0.1) is 0 Å². The molecular formula is C20H20N2O4. The fourth-order valence-corrected chi connectivity index (χ4v) is 2.76. The van der Waals surface area contributed by atoms with E-state index in [1.807, 2.05) is 42.5 Å². The molecule has 0 saturated heterocycles. The van der Waals surface area contributed by atoms with Crippen molar-refractivity contribution in [3.8, 4) is 0 Å². The molecule has 1 aromatic heterocycles. The highest BCUT2D eigenvalue weighted by atomic mass is 16.3. The minimum absolute atomic E-state index is 0.151. The van der Waals surface area contributed by atoms with Crippen molar-refractivity contribution in [3.63, 3.8) is 0 Å². The van der Waals surface area contributed by atoms with Gasteiger partial charge in [0.05, 0.1) is 18.9 Å². The summed E-state index contributed by atoms with van der Waals surface area (Å²) in [7, 11) is 0. The molecule has 3 rings (SSSR count).